The van der Waals surface area contributed by atoms with Gasteiger partial charge in [0.15, 0.2) is 5.78 Å². The lowest BCUT2D eigenvalue weighted by Gasteiger charge is -1.88. The number of Topliss-reactive ketones (excluding diaryl/α,β-unsaturated/α-hetero) is 1. The zero-order valence-electron chi connectivity index (χ0n) is 6.46. The SMILES string of the molecule is C=CCC(=O)c1ccc(C)s1. The van der Waals surface area contributed by atoms with Crippen LogP contribution >= 0.6 is 11.3 Å². The number of aryl methyl sites for hydroxylation is 1. The summed E-state index contributed by atoms with van der Waals surface area (Å²) >= 11 is 1.54. The van der Waals surface area contributed by atoms with Crippen LogP contribution in [-0.4, -0.2) is 5.78 Å². The van der Waals surface area contributed by atoms with Crippen LogP contribution in [0.5, 0.6) is 0 Å². The van der Waals surface area contributed by atoms with Gasteiger partial charge in [-0.25, -0.2) is 0 Å². The van der Waals surface area contributed by atoms with Crippen molar-refractivity contribution in [2.75, 3.05) is 0 Å². The highest BCUT2D eigenvalue weighted by Gasteiger charge is 2.04. The Morgan fingerprint density at radius 1 is 1.73 bits per heavy atom. The molecule has 0 saturated carbocycles. The van der Waals surface area contributed by atoms with Gasteiger partial charge >= 0.3 is 0 Å². The van der Waals surface area contributed by atoms with Crippen LogP contribution in [0, 0.1) is 6.92 Å². The fourth-order valence-corrected chi connectivity index (χ4v) is 1.63. The Kier molecular flexibility index (Phi) is 2.60. The summed E-state index contributed by atoms with van der Waals surface area (Å²) in [6.45, 7) is 5.51. The normalized spacial score (nSPS) is 9.55. The molecular formula is C9H10OS. The maximum absolute atomic E-state index is 11.2. The van der Waals surface area contributed by atoms with E-state index in [1.165, 1.54) is 16.2 Å². The van der Waals surface area contributed by atoms with E-state index in [-0.39, 0.29) is 5.78 Å². The van der Waals surface area contributed by atoms with Crippen molar-refractivity contribution in [1.29, 1.82) is 0 Å². The first kappa shape index (κ1) is 8.21. The highest BCUT2D eigenvalue weighted by Crippen LogP contribution is 2.16. The number of allylic oxidation sites excluding steroid dienone is 1. The van der Waals surface area contributed by atoms with E-state index in [2.05, 4.69) is 6.58 Å². The lowest BCUT2D eigenvalue weighted by Crippen LogP contribution is -1.91. The Bertz CT molecular complexity index is 273. The van der Waals surface area contributed by atoms with Gasteiger partial charge in [0.25, 0.3) is 0 Å². The van der Waals surface area contributed by atoms with E-state index in [4.69, 9.17) is 0 Å². The molecule has 11 heavy (non-hydrogen) atoms. The highest BCUT2D eigenvalue weighted by molar-refractivity contribution is 7.14. The number of hydrogen-bond donors (Lipinski definition) is 0. The van der Waals surface area contributed by atoms with Crippen molar-refractivity contribution in [2.45, 2.75) is 13.3 Å². The quantitative estimate of drug-likeness (QED) is 0.498. The Labute approximate surface area is 70.4 Å². The minimum absolute atomic E-state index is 0.165. The largest absolute Gasteiger partial charge is 0.293 e. The van der Waals surface area contributed by atoms with Gasteiger partial charge in [-0.3, -0.25) is 4.79 Å². The maximum Gasteiger partial charge on any atom is 0.176 e. The van der Waals surface area contributed by atoms with E-state index in [0.717, 1.165) is 4.88 Å². The molecule has 0 aliphatic heterocycles. The van der Waals surface area contributed by atoms with Crippen molar-refractivity contribution in [2.24, 2.45) is 0 Å². The zero-order valence-corrected chi connectivity index (χ0v) is 7.28. The topological polar surface area (TPSA) is 17.1 Å². The third-order valence-electron chi connectivity index (χ3n) is 1.34. The van der Waals surface area contributed by atoms with Crippen LogP contribution in [0.25, 0.3) is 0 Å². The number of rotatable bonds is 3. The summed E-state index contributed by atoms with van der Waals surface area (Å²) in [5.41, 5.74) is 0. The lowest BCUT2D eigenvalue weighted by atomic mass is 10.2. The average molecular weight is 166 g/mol. The first-order chi connectivity index (χ1) is 5.24. The van der Waals surface area contributed by atoms with Crippen LogP contribution in [-0.2, 0) is 0 Å². The molecule has 0 aliphatic rings. The maximum atomic E-state index is 11.2. The predicted octanol–water partition coefficient (Wildman–Crippen LogP) is 2.82. The lowest BCUT2D eigenvalue weighted by molar-refractivity contribution is 0.1000. The van der Waals surface area contributed by atoms with Gasteiger partial charge in [-0.05, 0) is 19.1 Å². The Morgan fingerprint density at radius 3 is 2.91 bits per heavy atom. The molecular weight excluding hydrogens is 156 g/mol. The molecule has 0 amide bonds. The van der Waals surface area contributed by atoms with Crippen molar-refractivity contribution >= 4 is 17.1 Å². The van der Waals surface area contributed by atoms with E-state index in [0.29, 0.717) is 6.42 Å². The van der Waals surface area contributed by atoms with Crippen LogP contribution in [0.1, 0.15) is 21.0 Å². The van der Waals surface area contributed by atoms with Crippen LogP contribution in [0.15, 0.2) is 24.8 Å². The number of hydrogen-bond acceptors (Lipinski definition) is 2. The summed E-state index contributed by atoms with van der Waals surface area (Å²) < 4.78 is 0. The molecule has 1 rings (SSSR count). The Balaban J connectivity index is 2.76. The van der Waals surface area contributed by atoms with Crippen molar-refractivity contribution < 1.29 is 4.79 Å². The monoisotopic (exact) mass is 166 g/mol. The number of ketones is 1. The van der Waals surface area contributed by atoms with Crippen molar-refractivity contribution in [3.8, 4) is 0 Å². The molecule has 1 aromatic rings. The number of carbonyl (C=O) groups is 1. The highest BCUT2D eigenvalue weighted by atomic mass is 32.1. The van der Waals surface area contributed by atoms with Gasteiger partial charge in [-0.2, -0.15) is 0 Å². The molecule has 0 atom stereocenters. The summed E-state index contributed by atoms with van der Waals surface area (Å²) in [7, 11) is 0. The van der Waals surface area contributed by atoms with Crippen LogP contribution in [0.4, 0.5) is 0 Å². The summed E-state index contributed by atoms with van der Waals surface area (Å²) in [6.07, 6.45) is 2.08. The van der Waals surface area contributed by atoms with Gasteiger partial charge in [0.2, 0.25) is 0 Å². The van der Waals surface area contributed by atoms with E-state index in [1.54, 1.807) is 6.08 Å². The minimum atomic E-state index is 0.165. The fourth-order valence-electron chi connectivity index (χ4n) is 0.816. The molecule has 0 N–H and O–H groups in total. The summed E-state index contributed by atoms with van der Waals surface area (Å²) in [6, 6.07) is 3.83. The average Bonchev–Trinajstić information content (AvgIpc) is 2.36. The van der Waals surface area contributed by atoms with Crippen LogP contribution in [0.3, 0.4) is 0 Å². The Hall–Kier alpha value is -0.890. The predicted molar refractivity (Wildman–Crippen MR) is 48.2 cm³/mol. The molecule has 0 saturated heterocycles. The first-order valence-corrected chi connectivity index (χ1v) is 4.26. The number of thiophene rings is 1. The first-order valence-electron chi connectivity index (χ1n) is 3.44. The molecule has 0 radical (unpaired) electrons. The van der Waals surface area contributed by atoms with Crippen LogP contribution in [0.2, 0.25) is 0 Å². The van der Waals surface area contributed by atoms with Gasteiger partial charge in [0, 0.05) is 11.3 Å². The second kappa shape index (κ2) is 3.49. The van der Waals surface area contributed by atoms with Gasteiger partial charge in [0.05, 0.1) is 4.88 Å². The van der Waals surface area contributed by atoms with E-state index < -0.39 is 0 Å². The molecule has 0 aromatic carbocycles. The van der Waals surface area contributed by atoms with E-state index >= 15 is 0 Å². The van der Waals surface area contributed by atoms with Crippen molar-refractivity contribution in [3.63, 3.8) is 0 Å². The Morgan fingerprint density at radius 2 is 2.45 bits per heavy atom. The standard InChI is InChI=1S/C9H10OS/c1-3-4-8(10)9-6-5-7(2)11-9/h3,5-6H,1,4H2,2H3. The zero-order chi connectivity index (χ0) is 8.27. The molecule has 1 heterocycles. The second-order valence-corrected chi connectivity index (χ2v) is 3.61. The van der Waals surface area contributed by atoms with E-state index in [1.807, 2.05) is 19.1 Å². The molecule has 0 spiro atoms. The minimum Gasteiger partial charge on any atom is -0.293 e. The molecule has 2 heteroatoms. The third kappa shape index (κ3) is 2.02. The second-order valence-electron chi connectivity index (χ2n) is 2.33. The molecule has 1 aromatic heterocycles. The summed E-state index contributed by atoms with van der Waals surface area (Å²) in [5.74, 6) is 0.165. The van der Waals surface area contributed by atoms with Gasteiger partial charge in [0.1, 0.15) is 0 Å². The molecule has 0 bridgehead atoms. The molecule has 1 nitrogen and oxygen atoms in total. The molecule has 0 aliphatic carbocycles. The molecule has 0 unspecified atom stereocenters. The van der Waals surface area contributed by atoms with Crippen molar-refractivity contribution in [3.05, 3.63) is 34.5 Å². The molecule has 58 valence electrons. The van der Waals surface area contributed by atoms with Gasteiger partial charge in [-0.1, -0.05) is 6.08 Å². The van der Waals surface area contributed by atoms with Crippen molar-refractivity contribution in [1.82, 2.24) is 0 Å². The summed E-state index contributed by atoms with van der Waals surface area (Å²) in [5, 5.41) is 0. The van der Waals surface area contributed by atoms with Crippen LogP contribution < -0.4 is 0 Å². The van der Waals surface area contributed by atoms with Gasteiger partial charge in [-0.15, -0.1) is 17.9 Å². The van der Waals surface area contributed by atoms with E-state index in [9.17, 15) is 4.79 Å². The molecule has 0 fully saturated rings. The summed E-state index contributed by atoms with van der Waals surface area (Å²) in [4.78, 5) is 13.2. The van der Waals surface area contributed by atoms with Gasteiger partial charge < -0.3 is 0 Å². The smallest absolute Gasteiger partial charge is 0.176 e. The number of carbonyl (C=O) groups excluding carboxylic acids is 1. The third-order valence-corrected chi connectivity index (χ3v) is 2.39. The fraction of sp³-hybridized carbons (Fsp3) is 0.222.